The molecule has 5 heteroatoms. The Kier molecular flexibility index (Phi) is 6.60. The van der Waals surface area contributed by atoms with Gasteiger partial charge < -0.3 is 19.9 Å². The van der Waals surface area contributed by atoms with E-state index in [0.29, 0.717) is 25.5 Å². The lowest BCUT2D eigenvalue weighted by atomic mass is 10.2. The van der Waals surface area contributed by atoms with Gasteiger partial charge in [0.05, 0.1) is 6.61 Å². The summed E-state index contributed by atoms with van der Waals surface area (Å²) in [5.74, 6) is 1.68. The first-order valence-corrected chi connectivity index (χ1v) is 9.60. The highest BCUT2D eigenvalue weighted by Gasteiger charge is 2.11. The molecule has 2 N–H and O–H groups in total. The molecule has 0 fully saturated rings. The molecule has 0 spiro atoms. The fourth-order valence-electron chi connectivity index (χ4n) is 2.61. The summed E-state index contributed by atoms with van der Waals surface area (Å²) in [6.07, 6.45) is 0. The van der Waals surface area contributed by atoms with Crippen LogP contribution in [0.5, 0.6) is 17.2 Å². The first kappa shape index (κ1) is 19.1. The summed E-state index contributed by atoms with van der Waals surface area (Å²) < 4.78 is 12.7. The molecule has 0 radical (unpaired) electrons. The third kappa shape index (κ3) is 5.41. The molecule has 0 aliphatic heterocycles. The van der Waals surface area contributed by atoms with E-state index in [1.165, 1.54) is 0 Å². The lowest BCUT2D eigenvalue weighted by Gasteiger charge is -2.16. The number of aromatic hydroxyl groups is 1. The second-order valence-corrected chi connectivity index (χ2v) is 6.85. The number of halogens is 1. The number of nitrogens with one attached hydrogen (secondary N) is 1. The molecule has 140 valence electrons. The Morgan fingerprint density at radius 3 is 2.33 bits per heavy atom. The first-order chi connectivity index (χ1) is 13.2. The number of benzene rings is 3. The van der Waals surface area contributed by atoms with Crippen LogP contribution >= 0.6 is 15.9 Å². The molecule has 0 amide bonds. The Hall–Kier alpha value is -2.66. The Bertz CT molecular complexity index is 867. The summed E-state index contributed by atoms with van der Waals surface area (Å²) in [4.78, 5) is 0. The second-order valence-electron chi connectivity index (χ2n) is 6.00. The van der Waals surface area contributed by atoms with Crippen molar-refractivity contribution < 1.29 is 14.6 Å². The largest absolute Gasteiger partial charge is 0.508 e. The van der Waals surface area contributed by atoms with Gasteiger partial charge in [0.2, 0.25) is 0 Å². The van der Waals surface area contributed by atoms with Crippen molar-refractivity contribution in [1.29, 1.82) is 0 Å². The zero-order chi connectivity index (χ0) is 19.1. The van der Waals surface area contributed by atoms with Crippen molar-refractivity contribution in [3.8, 4) is 17.2 Å². The highest BCUT2D eigenvalue weighted by molar-refractivity contribution is 9.10. The van der Waals surface area contributed by atoms with Gasteiger partial charge in [0.1, 0.15) is 12.4 Å². The second kappa shape index (κ2) is 9.33. The summed E-state index contributed by atoms with van der Waals surface area (Å²) in [6.45, 7) is 3.62. The molecular weight excluding hydrogens is 406 g/mol. The molecule has 0 aliphatic rings. The number of rotatable bonds is 8. The van der Waals surface area contributed by atoms with E-state index in [9.17, 15) is 5.11 Å². The maximum Gasteiger partial charge on any atom is 0.162 e. The molecular formula is C22H22BrNO3. The first-order valence-electron chi connectivity index (χ1n) is 8.80. The Morgan fingerprint density at radius 1 is 0.926 bits per heavy atom. The number of ether oxygens (including phenoxy) is 2. The van der Waals surface area contributed by atoms with Crippen molar-refractivity contribution in [2.75, 3.05) is 11.9 Å². The van der Waals surface area contributed by atoms with E-state index in [-0.39, 0.29) is 5.75 Å². The zero-order valence-electron chi connectivity index (χ0n) is 15.1. The van der Waals surface area contributed by atoms with E-state index >= 15 is 0 Å². The van der Waals surface area contributed by atoms with Crippen LogP contribution in [-0.2, 0) is 13.2 Å². The quantitative estimate of drug-likeness (QED) is 0.449. The van der Waals surface area contributed by atoms with Crippen LogP contribution in [0, 0.1) is 0 Å². The summed E-state index contributed by atoms with van der Waals surface area (Å²) in [7, 11) is 0. The Balaban J connectivity index is 1.73. The molecule has 3 aromatic carbocycles. The van der Waals surface area contributed by atoms with Crippen molar-refractivity contribution in [2.45, 2.75) is 20.1 Å². The predicted molar refractivity (Wildman–Crippen MR) is 112 cm³/mol. The summed E-state index contributed by atoms with van der Waals surface area (Å²) >= 11 is 3.63. The van der Waals surface area contributed by atoms with Crippen molar-refractivity contribution >= 4 is 21.6 Å². The van der Waals surface area contributed by atoms with Crippen LogP contribution in [0.3, 0.4) is 0 Å². The zero-order valence-corrected chi connectivity index (χ0v) is 16.7. The SMILES string of the molecule is CCOc1cc(CNc2ccc(O)cc2)c(Br)cc1OCc1ccccc1. The van der Waals surface area contributed by atoms with Gasteiger partial charge in [-0.05, 0) is 54.4 Å². The van der Waals surface area contributed by atoms with Crippen LogP contribution < -0.4 is 14.8 Å². The van der Waals surface area contributed by atoms with Crippen LogP contribution in [-0.4, -0.2) is 11.7 Å². The third-order valence-corrected chi connectivity index (χ3v) is 4.74. The highest BCUT2D eigenvalue weighted by atomic mass is 79.9. The van der Waals surface area contributed by atoms with Gasteiger partial charge in [-0.25, -0.2) is 0 Å². The van der Waals surface area contributed by atoms with Gasteiger partial charge in [0.25, 0.3) is 0 Å². The van der Waals surface area contributed by atoms with E-state index < -0.39 is 0 Å². The monoisotopic (exact) mass is 427 g/mol. The molecule has 3 rings (SSSR count). The van der Waals surface area contributed by atoms with Crippen LogP contribution in [0.4, 0.5) is 5.69 Å². The molecule has 0 atom stereocenters. The van der Waals surface area contributed by atoms with E-state index in [4.69, 9.17) is 9.47 Å². The predicted octanol–water partition coefficient (Wildman–Crippen LogP) is 5.74. The average molecular weight is 428 g/mol. The molecule has 3 aromatic rings. The molecule has 0 unspecified atom stereocenters. The number of anilines is 1. The fraction of sp³-hybridized carbons (Fsp3) is 0.182. The minimum absolute atomic E-state index is 0.250. The summed E-state index contributed by atoms with van der Waals surface area (Å²) in [5.41, 5.74) is 3.09. The molecule has 0 heterocycles. The van der Waals surface area contributed by atoms with Gasteiger partial charge >= 0.3 is 0 Å². The molecule has 0 aliphatic carbocycles. The fourth-order valence-corrected chi connectivity index (χ4v) is 3.07. The Labute approximate surface area is 167 Å². The van der Waals surface area contributed by atoms with Crippen molar-refractivity contribution in [3.05, 3.63) is 82.3 Å². The smallest absolute Gasteiger partial charge is 0.162 e. The third-order valence-electron chi connectivity index (χ3n) is 4.00. The topological polar surface area (TPSA) is 50.7 Å². The minimum atomic E-state index is 0.250. The van der Waals surface area contributed by atoms with Gasteiger partial charge in [-0.3, -0.25) is 0 Å². The highest BCUT2D eigenvalue weighted by Crippen LogP contribution is 2.35. The average Bonchev–Trinajstić information content (AvgIpc) is 2.69. The number of hydrogen-bond acceptors (Lipinski definition) is 4. The molecule has 0 bridgehead atoms. The van der Waals surface area contributed by atoms with Crippen LogP contribution in [0.2, 0.25) is 0 Å². The molecule has 0 saturated carbocycles. The molecule has 4 nitrogen and oxygen atoms in total. The Morgan fingerprint density at radius 2 is 1.63 bits per heavy atom. The lowest BCUT2D eigenvalue weighted by molar-refractivity contribution is 0.269. The summed E-state index contributed by atoms with van der Waals surface area (Å²) in [6, 6.07) is 21.0. The van der Waals surface area contributed by atoms with Gasteiger partial charge in [-0.15, -0.1) is 0 Å². The van der Waals surface area contributed by atoms with Crippen LogP contribution in [0.15, 0.2) is 71.2 Å². The molecule has 0 aromatic heterocycles. The van der Waals surface area contributed by atoms with Crippen molar-refractivity contribution in [3.63, 3.8) is 0 Å². The number of phenols is 1. The molecule has 27 heavy (non-hydrogen) atoms. The summed E-state index contributed by atoms with van der Waals surface area (Å²) in [5, 5.41) is 12.7. The lowest BCUT2D eigenvalue weighted by Crippen LogP contribution is -2.04. The number of phenolic OH excluding ortho intramolecular Hbond substituents is 1. The van der Waals surface area contributed by atoms with Gasteiger partial charge in [0.15, 0.2) is 11.5 Å². The van der Waals surface area contributed by atoms with Gasteiger partial charge in [-0.1, -0.05) is 46.3 Å². The standard InChI is InChI=1S/C22H22BrNO3/c1-2-26-21-12-17(14-24-18-8-10-19(25)11-9-18)20(23)13-22(21)27-15-16-6-4-3-5-7-16/h3-13,24-25H,2,14-15H2,1H3. The van der Waals surface area contributed by atoms with E-state index in [1.54, 1.807) is 12.1 Å². The normalized spacial score (nSPS) is 10.4. The van der Waals surface area contributed by atoms with E-state index in [2.05, 4.69) is 21.2 Å². The maximum absolute atomic E-state index is 9.38. The van der Waals surface area contributed by atoms with Crippen LogP contribution in [0.25, 0.3) is 0 Å². The van der Waals surface area contributed by atoms with E-state index in [0.717, 1.165) is 27.0 Å². The van der Waals surface area contributed by atoms with Gasteiger partial charge in [-0.2, -0.15) is 0 Å². The number of hydrogen-bond donors (Lipinski definition) is 2. The van der Waals surface area contributed by atoms with Crippen LogP contribution in [0.1, 0.15) is 18.1 Å². The van der Waals surface area contributed by atoms with Gasteiger partial charge in [0, 0.05) is 16.7 Å². The maximum atomic E-state index is 9.38. The van der Waals surface area contributed by atoms with Crippen molar-refractivity contribution in [1.82, 2.24) is 0 Å². The molecule has 0 saturated heterocycles. The minimum Gasteiger partial charge on any atom is -0.508 e. The van der Waals surface area contributed by atoms with Crippen molar-refractivity contribution in [2.24, 2.45) is 0 Å². The van der Waals surface area contributed by atoms with E-state index in [1.807, 2.05) is 61.5 Å².